The highest BCUT2D eigenvalue weighted by molar-refractivity contribution is 4.53. The van der Waals surface area contributed by atoms with Crippen LogP contribution in [0.25, 0.3) is 0 Å². The lowest BCUT2D eigenvalue weighted by Gasteiger charge is -2.09. The maximum Gasteiger partial charge on any atom is -0.0443 e. The zero-order valence-corrected chi connectivity index (χ0v) is 10.1. The minimum Gasteiger partial charge on any atom is -0.0654 e. The maximum atomic E-state index is 2.39. The van der Waals surface area contributed by atoms with E-state index in [2.05, 4.69) is 27.7 Å². The summed E-state index contributed by atoms with van der Waals surface area (Å²) in [4.78, 5) is 0. The summed E-state index contributed by atoms with van der Waals surface area (Å²) >= 11 is 0. The molecule has 0 nitrogen and oxygen atoms in total. The molecule has 13 heavy (non-hydrogen) atoms. The molecule has 0 aromatic heterocycles. The largest absolute Gasteiger partial charge is 0.0654 e. The van der Waals surface area contributed by atoms with Crippen molar-refractivity contribution >= 4 is 0 Å². The summed E-state index contributed by atoms with van der Waals surface area (Å²) in [6.45, 7) is 9.32. The van der Waals surface area contributed by atoms with Crippen LogP contribution in [-0.4, -0.2) is 0 Å². The van der Waals surface area contributed by atoms with E-state index in [1.165, 1.54) is 44.9 Å². The molecule has 0 amide bonds. The van der Waals surface area contributed by atoms with Crippen LogP contribution in [0.3, 0.4) is 0 Å². The summed E-state index contributed by atoms with van der Waals surface area (Å²) in [5.41, 5.74) is 0. The van der Waals surface area contributed by atoms with E-state index in [-0.39, 0.29) is 0 Å². The smallest absolute Gasteiger partial charge is 0.0443 e. The lowest BCUT2D eigenvalue weighted by molar-refractivity contribution is 0.442. The predicted octanol–water partition coefficient (Wildman–Crippen LogP) is 5.03. The molecule has 0 saturated heterocycles. The van der Waals surface area contributed by atoms with Crippen molar-refractivity contribution in [3.8, 4) is 0 Å². The van der Waals surface area contributed by atoms with Crippen LogP contribution in [-0.2, 0) is 0 Å². The average molecular weight is 184 g/mol. The van der Waals surface area contributed by atoms with Gasteiger partial charge in [-0.25, -0.2) is 0 Å². The van der Waals surface area contributed by atoms with Crippen molar-refractivity contribution in [2.75, 3.05) is 0 Å². The summed E-state index contributed by atoms with van der Waals surface area (Å²) in [6, 6.07) is 0. The van der Waals surface area contributed by atoms with Gasteiger partial charge < -0.3 is 0 Å². The molecule has 1 atom stereocenters. The number of hydrogen-bond acceptors (Lipinski definition) is 0. The Labute approximate surface area is 85.1 Å². The Morgan fingerprint density at radius 3 is 1.92 bits per heavy atom. The molecule has 0 aliphatic carbocycles. The Bertz CT molecular complexity index is 94.2. The second-order valence-electron chi connectivity index (χ2n) is 4.93. The average Bonchev–Trinajstić information content (AvgIpc) is 2.03. The van der Waals surface area contributed by atoms with Crippen molar-refractivity contribution in [3.05, 3.63) is 0 Å². The molecule has 80 valence electrons. The molecule has 0 aromatic carbocycles. The molecule has 0 radical (unpaired) electrons. The zero-order valence-electron chi connectivity index (χ0n) is 10.1. The van der Waals surface area contributed by atoms with Gasteiger partial charge in [-0.05, 0) is 11.8 Å². The van der Waals surface area contributed by atoms with Gasteiger partial charge >= 0.3 is 0 Å². The van der Waals surface area contributed by atoms with Crippen molar-refractivity contribution in [2.45, 2.75) is 72.6 Å². The van der Waals surface area contributed by atoms with Crippen LogP contribution in [0.4, 0.5) is 0 Å². The van der Waals surface area contributed by atoms with Gasteiger partial charge in [0.05, 0.1) is 0 Å². The summed E-state index contributed by atoms with van der Waals surface area (Å²) in [6.07, 6.45) is 9.99. The van der Waals surface area contributed by atoms with Crippen LogP contribution in [0, 0.1) is 11.8 Å². The molecular weight excluding hydrogens is 156 g/mol. The maximum absolute atomic E-state index is 2.39. The number of hydrogen-bond donors (Lipinski definition) is 0. The van der Waals surface area contributed by atoms with E-state index in [1.54, 1.807) is 0 Å². The molecule has 0 saturated carbocycles. The van der Waals surface area contributed by atoms with Gasteiger partial charge in [0, 0.05) is 0 Å². The number of rotatable bonds is 8. The third-order valence-electron chi connectivity index (χ3n) is 2.76. The van der Waals surface area contributed by atoms with Crippen LogP contribution in [0.2, 0.25) is 0 Å². The Morgan fingerprint density at radius 2 is 1.38 bits per heavy atom. The fourth-order valence-corrected chi connectivity index (χ4v) is 1.86. The monoisotopic (exact) mass is 184 g/mol. The lowest BCUT2D eigenvalue weighted by atomic mass is 9.97. The van der Waals surface area contributed by atoms with Gasteiger partial charge in [0.15, 0.2) is 0 Å². The van der Waals surface area contributed by atoms with E-state index in [0.29, 0.717) is 0 Å². The van der Waals surface area contributed by atoms with Gasteiger partial charge in [-0.1, -0.05) is 72.6 Å². The molecule has 0 heterocycles. The Balaban J connectivity index is 3.06. The zero-order chi connectivity index (χ0) is 10.1. The first-order valence-corrected chi connectivity index (χ1v) is 6.16. The van der Waals surface area contributed by atoms with Crippen LogP contribution < -0.4 is 0 Å². The molecule has 0 aliphatic rings. The standard InChI is InChI=1S/C13H28/c1-5-9-13(4)11-8-6-7-10-12(2)3/h12-13H,5-11H2,1-4H3. The molecule has 0 heteroatoms. The third-order valence-corrected chi connectivity index (χ3v) is 2.76. The van der Waals surface area contributed by atoms with Crippen molar-refractivity contribution in [1.82, 2.24) is 0 Å². The third kappa shape index (κ3) is 9.92. The summed E-state index contributed by atoms with van der Waals surface area (Å²) in [5, 5.41) is 0. The Hall–Kier alpha value is 0. The first-order valence-electron chi connectivity index (χ1n) is 6.16. The molecule has 0 fully saturated rings. The molecule has 1 unspecified atom stereocenters. The minimum absolute atomic E-state index is 0.896. The molecule has 0 aliphatic heterocycles. The van der Waals surface area contributed by atoms with Gasteiger partial charge in [-0.15, -0.1) is 0 Å². The Morgan fingerprint density at radius 1 is 0.769 bits per heavy atom. The highest BCUT2D eigenvalue weighted by atomic mass is 14.1. The second kappa shape index (κ2) is 8.59. The molecule has 0 bridgehead atoms. The van der Waals surface area contributed by atoms with E-state index in [9.17, 15) is 0 Å². The quantitative estimate of drug-likeness (QED) is 0.464. The molecule has 0 N–H and O–H groups in total. The van der Waals surface area contributed by atoms with Crippen molar-refractivity contribution in [1.29, 1.82) is 0 Å². The first-order chi connectivity index (χ1) is 6.16. The first kappa shape index (κ1) is 13.0. The van der Waals surface area contributed by atoms with Gasteiger partial charge in [-0.3, -0.25) is 0 Å². The van der Waals surface area contributed by atoms with Crippen LogP contribution in [0.5, 0.6) is 0 Å². The molecule has 0 rings (SSSR count). The highest BCUT2D eigenvalue weighted by Gasteiger charge is 2.00. The SMILES string of the molecule is CCCC(C)CCCCCC(C)C. The van der Waals surface area contributed by atoms with Crippen molar-refractivity contribution < 1.29 is 0 Å². The fourth-order valence-electron chi connectivity index (χ4n) is 1.86. The van der Waals surface area contributed by atoms with E-state index in [0.717, 1.165) is 11.8 Å². The van der Waals surface area contributed by atoms with Gasteiger partial charge in [0.25, 0.3) is 0 Å². The van der Waals surface area contributed by atoms with Crippen LogP contribution in [0.1, 0.15) is 72.6 Å². The second-order valence-corrected chi connectivity index (χ2v) is 4.93. The molecule has 0 spiro atoms. The summed E-state index contributed by atoms with van der Waals surface area (Å²) in [7, 11) is 0. The minimum atomic E-state index is 0.896. The van der Waals surface area contributed by atoms with Gasteiger partial charge in [0.1, 0.15) is 0 Å². The van der Waals surface area contributed by atoms with E-state index in [4.69, 9.17) is 0 Å². The summed E-state index contributed by atoms with van der Waals surface area (Å²) in [5.74, 6) is 1.86. The van der Waals surface area contributed by atoms with Crippen LogP contribution >= 0.6 is 0 Å². The predicted molar refractivity (Wildman–Crippen MR) is 62.0 cm³/mol. The number of unbranched alkanes of at least 4 members (excludes halogenated alkanes) is 2. The van der Waals surface area contributed by atoms with Crippen molar-refractivity contribution in [3.63, 3.8) is 0 Å². The topological polar surface area (TPSA) is 0 Å². The highest BCUT2D eigenvalue weighted by Crippen LogP contribution is 2.16. The Kier molecular flexibility index (Phi) is 8.59. The van der Waals surface area contributed by atoms with E-state index < -0.39 is 0 Å². The normalized spacial score (nSPS) is 13.6. The summed E-state index contributed by atoms with van der Waals surface area (Å²) < 4.78 is 0. The molecular formula is C13H28. The van der Waals surface area contributed by atoms with Crippen molar-refractivity contribution in [2.24, 2.45) is 11.8 Å². The molecule has 0 aromatic rings. The fraction of sp³-hybridized carbons (Fsp3) is 1.00. The van der Waals surface area contributed by atoms with E-state index in [1.807, 2.05) is 0 Å². The lowest BCUT2D eigenvalue weighted by Crippen LogP contribution is -1.94. The van der Waals surface area contributed by atoms with Crippen LogP contribution in [0.15, 0.2) is 0 Å². The van der Waals surface area contributed by atoms with E-state index >= 15 is 0 Å². The van der Waals surface area contributed by atoms with Gasteiger partial charge in [-0.2, -0.15) is 0 Å². The van der Waals surface area contributed by atoms with Gasteiger partial charge in [0.2, 0.25) is 0 Å².